The van der Waals surface area contributed by atoms with Crippen molar-refractivity contribution in [2.45, 2.75) is 39.8 Å². The summed E-state index contributed by atoms with van der Waals surface area (Å²) in [5, 5.41) is 2.60. The van der Waals surface area contributed by atoms with Gasteiger partial charge in [-0.2, -0.15) is 4.57 Å². The van der Waals surface area contributed by atoms with E-state index in [0.29, 0.717) is 0 Å². The summed E-state index contributed by atoms with van der Waals surface area (Å²) in [4.78, 5) is 0. The third-order valence-corrected chi connectivity index (χ3v) is 6.50. The summed E-state index contributed by atoms with van der Waals surface area (Å²) in [6.45, 7) is 6.98. The predicted molar refractivity (Wildman–Crippen MR) is 136 cm³/mol. The van der Waals surface area contributed by atoms with E-state index in [1.807, 2.05) is 0 Å². The van der Waals surface area contributed by atoms with Crippen molar-refractivity contribution in [1.82, 2.24) is 4.57 Å². The average Bonchev–Trinajstić information content (AvgIpc) is 3.18. The van der Waals surface area contributed by atoms with Crippen LogP contribution < -0.4 is 26.3 Å². The van der Waals surface area contributed by atoms with Gasteiger partial charge in [-0.3, -0.25) is 0 Å². The second kappa shape index (κ2) is 10.9. The van der Waals surface area contributed by atoms with E-state index in [1.54, 1.807) is 0 Å². The second-order valence-electron chi connectivity index (χ2n) is 8.64. The van der Waals surface area contributed by atoms with Crippen LogP contribution in [0, 0.1) is 6.92 Å². The third kappa shape index (κ3) is 4.88. The predicted octanol–water partition coefficient (Wildman–Crippen LogP) is 3.47. The van der Waals surface area contributed by atoms with E-state index in [0.717, 1.165) is 38.3 Å². The molecule has 5 rings (SSSR count). The first kappa shape index (κ1) is 24.0. The van der Waals surface area contributed by atoms with Gasteiger partial charge < -0.3 is 26.3 Å². The first-order chi connectivity index (χ1) is 16.2. The van der Waals surface area contributed by atoms with Gasteiger partial charge in [0.1, 0.15) is 11.3 Å². The Labute approximate surface area is 212 Å². The molecule has 0 amide bonds. The van der Waals surface area contributed by atoms with Gasteiger partial charge in [-0.1, -0.05) is 60.7 Å². The fourth-order valence-corrected chi connectivity index (χ4v) is 4.81. The summed E-state index contributed by atoms with van der Waals surface area (Å²) in [6.07, 6.45) is 4.27. The maximum Gasteiger partial charge on any atom is 0.203 e. The first-order valence-electron chi connectivity index (χ1n) is 11.9. The zero-order chi connectivity index (χ0) is 22.6. The fourth-order valence-electron chi connectivity index (χ4n) is 4.81. The Morgan fingerprint density at radius 1 is 0.824 bits per heavy atom. The highest BCUT2D eigenvalue weighted by Gasteiger charge is 2.19. The van der Waals surface area contributed by atoms with Crippen molar-refractivity contribution in [3.63, 3.8) is 0 Å². The number of halogens is 1. The van der Waals surface area contributed by atoms with E-state index >= 15 is 0 Å². The Kier molecular flexibility index (Phi) is 7.69. The second-order valence-corrected chi connectivity index (χ2v) is 8.64. The van der Waals surface area contributed by atoms with Gasteiger partial charge in [0, 0.05) is 41.9 Å². The molecular weight excluding hydrogens is 484 g/mol. The molecule has 3 nitrogen and oxygen atoms in total. The first-order valence-corrected chi connectivity index (χ1v) is 11.9. The van der Waals surface area contributed by atoms with E-state index in [-0.39, 0.29) is 17.0 Å². The molecule has 0 N–H and O–H groups in total. The minimum atomic E-state index is 0. The Balaban J connectivity index is 0.00000274. The zero-order valence-corrected chi connectivity index (χ0v) is 21.5. The molecule has 0 saturated heterocycles. The fraction of sp³-hybridized carbons (Fsp3) is 0.233. The van der Waals surface area contributed by atoms with Gasteiger partial charge >= 0.3 is 0 Å². The lowest BCUT2D eigenvalue weighted by Crippen LogP contribution is -3.00. The van der Waals surface area contributed by atoms with Crippen LogP contribution in [0.25, 0.3) is 21.8 Å². The average molecular weight is 515 g/mol. The molecule has 0 unspecified atom stereocenters. The molecule has 3 aromatic carbocycles. The minimum Gasteiger partial charge on any atom is -1.00 e. The molecule has 0 saturated carbocycles. The molecule has 0 aliphatic heterocycles. The van der Waals surface area contributed by atoms with Gasteiger partial charge in [0.2, 0.25) is 5.69 Å². The van der Waals surface area contributed by atoms with Gasteiger partial charge in [0.25, 0.3) is 0 Å². The molecule has 34 heavy (non-hydrogen) atoms. The van der Waals surface area contributed by atoms with Gasteiger partial charge in [-0.15, -0.1) is 0 Å². The number of pyridine rings is 1. The topological polar surface area (TPSA) is 18.0 Å². The summed E-state index contributed by atoms with van der Waals surface area (Å²) < 4.78 is 10.9. The lowest BCUT2D eigenvalue weighted by atomic mass is 10.1. The van der Waals surface area contributed by atoms with Crippen LogP contribution in [-0.4, -0.2) is 11.2 Å². The van der Waals surface area contributed by atoms with Crippen molar-refractivity contribution in [3.05, 3.63) is 108 Å². The number of rotatable bonds is 8. The van der Waals surface area contributed by atoms with Crippen molar-refractivity contribution < 1.29 is 26.3 Å². The Hall–Kier alpha value is -3.11. The summed E-state index contributed by atoms with van der Waals surface area (Å²) in [6, 6.07) is 30.1. The molecule has 5 aromatic rings. The van der Waals surface area contributed by atoms with E-state index in [1.165, 1.54) is 38.6 Å². The quantitative estimate of drug-likeness (QED) is 0.229. The molecule has 2 aromatic heterocycles. The molecule has 0 spiro atoms. The van der Waals surface area contributed by atoms with Gasteiger partial charge in [-0.05, 0) is 37.5 Å². The summed E-state index contributed by atoms with van der Waals surface area (Å²) >= 11 is 0. The largest absolute Gasteiger partial charge is 1.00 e. The van der Waals surface area contributed by atoms with Crippen LogP contribution in [0.5, 0.6) is 5.75 Å². The lowest BCUT2D eigenvalue weighted by molar-refractivity contribution is -0.693. The number of fused-ring (bicyclic) bond motifs is 3. The number of hydrogen-bond acceptors (Lipinski definition) is 1. The van der Waals surface area contributed by atoms with E-state index in [4.69, 9.17) is 4.74 Å². The van der Waals surface area contributed by atoms with Gasteiger partial charge in [0.15, 0.2) is 12.7 Å². The highest BCUT2D eigenvalue weighted by atomic mass is 79.9. The number of ether oxygens (including phenoxy) is 1. The molecule has 0 radical (unpaired) electrons. The van der Waals surface area contributed by atoms with Gasteiger partial charge in [0.05, 0.1) is 12.1 Å². The molecule has 4 heteroatoms. The Morgan fingerprint density at radius 3 is 2.24 bits per heavy atom. The molecule has 0 fully saturated rings. The van der Waals surface area contributed by atoms with Crippen LogP contribution in [0.4, 0.5) is 0 Å². The number of aryl methyl sites for hydroxylation is 3. The van der Waals surface area contributed by atoms with Crippen molar-refractivity contribution in [2.24, 2.45) is 0 Å². The highest BCUT2D eigenvalue weighted by molar-refractivity contribution is 6.08. The maximum absolute atomic E-state index is 6.15. The molecular formula is C30H31BrN2O. The van der Waals surface area contributed by atoms with Crippen molar-refractivity contribution >= 4 is 21.8 Å². The van der Waals surface area contributed by atoms with Crippen LogP contribution in [0.15, 0.2) is 91.1 Å². The molecule has 2 heterocycles. The van der Waals surface area contributed by atoms with Gasteiger partial charge in [-0.25, -0.2) is 0 Å². The summed E-state index contributed by atoms with van der Waals surface area (Å²) in [7, 11) is 0. The third-order valence-electron chi connectivity index (χ3n) is 6.50. The Bertz CT molecular complexity index is 1380. The monoisotopic (exact) mass is 514 g/mol. The molecule has 0 aliphatic carbocycles. The van der Waals surface area contributed by atoms with Crippen LogP contribution in [0.2, 0.25) is 0 Å². The molecule has 0 bridgehead atoms. The van der Waals surface area contributed by atoms with E-state index in [9.17, 15) is 0 Å². The Morgan fingerprint density at radius 2 is 1.53 bits per heavy atom. The zero-order valence-electron chi connectivity index (χ0n) is 19.9. The smallest absolute Gasteiger partial charge is 0.203 e. The van der Waals surface area contributed by atoms with Crippen molar-refractivity contribution in [2.75, 3.05) is 6.61 Å². The lowest BCUT2D eigenvalue weighted by Gasteiger charge is -2.08. The molecule has 0 atom stereocenters. The number of nitrogens with zero attached hydrogens (tertiary/aromatic N) is 2. The normalized spacial score (nSPS) is 11.0. The SMILES string of the molecule is CCn1c2cc(OCCCc3ccccc3)ccc2c2cc[n+](Cc3ccccc3)c(C)c21.[Br-]. The van der Waals surface area contributed by atoms with Crippen molar-refractivity contribution in [1.29, 1.82) is 0 Å². The van der Waals surface area contributed by atoms with Crippen LogP contribution >= 0.6 is 0 Å². The number of benzene rings is 3. The molecule has 174 valence electrons. The minimum absolute atomic E-state index is 0. The molecule has 0 aliphatic rings. The number of hydrogen-bond donors (Lipinski definition) is 0. The summed E-state index contributed by atoms with van der Waals surface area (Å²) in [5.41, 5.74) is 6.53. The van der Waals surface area contributed by atoms with E-state index in [2.05, 4.69) is 114 Å². The highest BCUT2D eigenvalue weighted by Crippen LogP contribution is 2.32. The van der Waals surface area contributed by atoms with Crippen LogP contribution in [-0.2, 0) is 19.5 Å². The number of aromatic nitrogens is 2. The maximum atomic E-state index is 6.15. The van der Waals surface area contributed by atoms with Crippen LogP contribution in [0.1, 0.15) is 30.2 Å². The van der Waals surface area contributed by atoms with Crippen molar-refractivity contribution in [3.8, 4) is 5.75 Å². The standard InChI is InChI=1S/C30H31N2O.BrH/c1-3-32-29-21-26(33-20-10-15-24-11-6-4-7-12-24)16-17-27(29)28-18-19-31(23(2)30(28)32)22-25-13-8-5-9-14-25;/h4-9,11-14,16-19,21H,3,10,15,20,22H2,1-2H3;1H/q+1;/p-1. The van der Waals surface area contributed by atoms with E-state index < -0.39 is 0 Å². The summed E-state index contributed by atoms with van der Waals surface area (Å²) in [5.74, 6) is 0.947. The van der Waals surface area contributed by atoms with Crippen LogP contribution in [0.3, 0.4) is 0 Å².